The first-order valence-corrected chi connectivity index (χ1v) is 17.9. The topological polar surface area (TPSA) is 139 Å². The summed E-state index contributed by atoms with van der Waals surface area (Å²) in [4.78, 5) is 41.3. The zero-order valence-electron chi connectivity index (χ0n) is 28.9. The molecule has 0 spiro atoms. The van der Waals surface area contributed by atoms with Crippen molar-refractivity contribution in [2.24, 2.45) is 0 Å². The molecule has 0 bridgehead atoms. The molecule has 0 saturated heterocycles. The van der Waals surface area contributed by atoms with Crippen molar-refractivity contribution in [3.05, 3.63) is 125 Å². The molecule has 3 amide bonds. The normalized spacial score (nSPS) is 11.5. The minimum absolute atomic E-state index is 0.0534. The number of hydrogen-bond acceptors (Lipinski definition) is 9. The Balaban J connectivity index is 1.36. The largest absolute Gasteiger partial charge is 0.496 e. The highest BCUT2D eigenvalue weighted by atomic mass is 32.2. The Kier molecular flexibility index (Phi) is 12.7. The van der Waals surface area contributed by atoms with Gasteiger partial charge in [0.05, 0.1) is 32.1 Å². The average Bonchev–Trinajstić information content (AvgIpc) is 3.59. The van der Waals surface area contributed by atoms with Gasteiger partial charge in [-0.2, -0.15) is 5.26 Å². The Morgan fingerprint density at radius 2 is 1.52 bits per heavy atom. The number of nitrogens with one attached hydrogen (secondary N) is 3. The molecule has 264 valence electrons. The monoisotopic (exact) mass is 732 g/mol. The summed E-state index contributed by atoms with van der Waals surface area (Å²) in [6, 6.07) is 30.7. The van der Waals surface area contributed by atoms with Crippen molar-refractivity contribution < 1.29 is 28.6 Å². The molecule has 5 rings (SSSR count). The van der Waals surface area contributed by atoms with Gasteiger partial charge in [-0.05, 0) is 54.5 Å². The second kappa shape index (κ2) is 17.8. The molecule has 1 atom stereocenters. The number of carbonyl (C=O) groups excluding carboxylic acids is 3. The molecule has 0 radical (unpaired) electrons. The number of ether oxygens (including phenoxy) is 3. The van der Waals surface area contributed by atoms with Gasteiger partial charge in [-0.25, -0.2) is 0 Å². The third-order valence-electron chi connectivity index (χ3n) is 7.82. The lowest BCUT2D eigenvalue weighted by Crippen LogP contribution is -2.30. The highest BCUT2D eigenvalue weighted by Crippen LogP contribution is 2.37. The molecule has 52 heavy (non-hydrogen) atoms. The van der Waals surface area contributed by atoms with Crippen molar-refractivity contribution in [3.8, 4) is 34.4 Å². The van der Waals surface area contributed by atoms with Crippen molar-refractivity contribution >= 4 is 57.6 Å². The van der Waals surface area contributed by atoms with Crippen molar-refractivity contribution in [2.75, 3.05) is 32.0 Å². The molecule has 0 aliphatic carbocycles. The molecule has 10 nitrogen and oxygen atoms in total. The minimum atomic E-state index is -0.594. The molecule has 4 aromatic carbocycles. The Hall–Kier alpha value is -6.03. The van der Waals surface area contributed by atoms with Gasteiger partial charge in [-0.3, -0.25) is 14.4 Å². The van der Waals surface area contributed by atoms with Gasteiger partial charge >= 0.3 is 0 Å². The van der Waals surface area contributed by atoms with E-state index in [2.05, 4.69) is 22.0 Å². The van der Waals surface area contributed by atoms with Crippen LogP contribution in [0, 0.1) is 11.3 Å². The van der Waals surface area contributed by atoms with Gasteiger partial charge in [-0.15, -0.1) is 23.1 Å². The predicted molar refractivity (Wildman–Crippen MR) is 206 cm³/mol. The van der Waals surface area contributed by atoms with Crippen molar-refractivity contribution in [3.63, 3.8) is 0 Å². The van der Waals surface area contributed by atoms with Crippen LogP contribution < -0.4 is 30.2 Å². The quantitative estimate of drug-likeness (QED) is 0.0767. The maximum atomic E-state index is 13.8. The third kappa shape index (κ3) is 9.00. The number of nitriles is 1. The minimum Gasteiger partial charge on any atom is -0.496 e. The number of benzene rings is 4. The number of nitrogens with zero attached hydrogens (tertiary/aromatic N) is 1. The second-order valence-electron chi connectivity index (χ2n) is 11.1. The molecule has 3 N–H and O–H groups in total. The van der Waals surface area contributed by atoms with Crippen LogP contribution in [-0.4, -0.2) is 44.3 Å². The number of rotatable bonds is 14. The Morgan fingerprint density at radius 3 is 2.17 bits per heavy atom. The van der Waals surface area contributed by atoms with Gasteiger partial charge in [0.25, 0.3) is 11.8 Å². The van der Waals surface area contributed by atoms with Crippen LogP contribution in [0.4, 0.5) is 10.7 Å². The van der Waals surface area contributed by atoms with Crippen LogP contribution in [0.3, 0.4) is 0 Å². The lowest BCUT2D eigenvalue weighted by atomic mass is 10.1. The number of anilines is 2. The van der Waals surface area contributed by atoms with Gasteiger partial charge < -0.3 is 30.2 Å². The smallest absolute Gasteiger partial charge is 0.272 e. The van der Waals surface area contributed by atoms with Crippen molar-refractivity contribution in [1.82, 2.24) is 5.32 Å². The van der Waals surface area contributed by atoms with E-state index < -0.39 is 17.1 Å². The molecular formula is C40H36N4O6S2. The van der Waals surface area contributed by atoms with E-state index in [9.17, 15) is 19.6 Å². The standard InChI is InChI=1S/C40H36N4O6S2/c1-5-36(39(47)44-40-30(23-41)31(24-51-40)25-13-8-6-9-14-25)52-29-18-12-17-28(21-29)42-38(46)32(43-37(45)26-15-10-7-11-16-26)19-27-20-34(49-3)35(50-4)22-33(27)48-2/h6-22,24,36H,5H2,1-4H3,(H,42,46)(H,43,45)(H,44,47)/b32-19+. The number of amides is 3. The van der Waals surface area contributed by atoms with E-state index in [0.29, 0.717) is 51.0 Å². The summed E-state index contributed by atoms with van der Waals surface area (Å²) in [7, 11) is 4.48. The third-order valence-corrected chi connectivity index (χ3v) is 10.1. The molecule has 5 aromatic rings. The van der Waals surface area contributed by atoms with Crippen molar-refractivity contribution in [1.29, 1.82) is 5.26 Å². The molecule has 0 aliphatic rings. The summed E-state index contributed by atoms with van der Waals surface area (Å²) in [5.41, 5.74) is 3.30. The van der Waals surface area contributed by atoms with Gasteiger partial charge in [0.15, 0.2) is 11.5 Å². The van der Waals surface area contributed by atoms with E-state index in [1.54, 1.807) is 60.7 Å². The summed E-state index contributed by atoms with van der Waals surface area (Å²) < 4.78 is 16.4. The number of thioether (sulfide) groups is 1. The molecular weight excluding hydrogens is 697 g/mol. The van der Waals surface area contributed by atoms with Gasteiger partial charge in [0.2, 0.25) is 5.91 Å². The summed E-state index contributed by atoms with van der Waals surface area (Å²) in [5, 5.41) is 20.4. The van der Waals surface area contributed by atoms with Crippen LogP contribution in [-0.2, 0) is 9.59 Å². The van der Waals surface area contributed by atoms with Crippen LogP contribution in [0.5, 0.6) is 17.2 Å². The first-order valence-electron chi connectivity index (χ1n) is 16.1. The lowest BCUT2D eigenvalue weighted by Gasteiger charge is -2.16. The highest BCUT2D eigenvalue weighted by Gasteiger charge is 2.23. The van der Waals surface area contributed by atoms with Crippen LogP contribution >= 0.6 is 23.1 Å². The maximum absolute atomic E-state index is 13.8. The van der Waals surface area contributed by atoms with Gasteiger partial charge in [0.1, 0.15) is 22.5 Å². The number of hydrogen-bond donors (Lipinski definition) is 3. The second-order valence-corrected chi connectivity index (χ2v) is 13.3. The Labute approximate surface area is 310 Å². The van der Waals surface area contributed by atoms with E-state index in [1.165, 1.54) is 50.5 Å². The fourth-order valence-corrected chi connectivity index (χ4v) is 7.12. The molecule has 1 aromatic heterocycles. The maximum Gasteiger partial charge on any atom is 0.272 e. The number of thiophene rings is 1. The number of methoxy groups -OCH3 is 3. The first kappa shape index (κ1) is 37.2. The van der Waals surface area contributed by atoms with E-state index in [0.717, 1.165) is 16.0 Å². The lowest BCUT2D eigenvalue weighted by molar-refractivity contribution is -0.116. The zero-order valence-corrected chi connectivity index (χ0v) is 30.5. The summed E-state index contributed by atoms with van der Waals surface area (Å²) in [5.74, 6) is -0.0882. The predicted octanol–water partition coefficient (Wildman–Crippen LogP) is 8.23. The summed E-state index contributed by atoms with van der Waals surface area (Å²) in [6.45, 7) is 1.91. The van der Waals surface area contributed by atoms with Crippen molar-refractivity contribution in [2.45, 2.75) is 23.5 Å². The van der Waals surface area contributed by atoms with Crippen LogP contribution in [0.15, 0.2) is 113 Å². The van der Waals surface area contributed by atoms with E-state index in [4.69, 9.17) is 14.2 Å². The van der Waals surface area contributed by atoms with Gasteiger partial charge in [-0.1, -0.05) is 61.5 Å². The molecule has 0 fully saturated rings. The molecule has 1 heterocycles. The van der Waals surface area contributed by atoms with E-state index in [1.807, 2.05) is 48.7 Å². The van der Waals surface area contributed by atoms with Crippen LogP contribution in [0.2, 0.25) is 0 Å². The number of carbonyl (C=O) groups is 3. The summed E-state index contributed by atoms with van der Waals surface area (Å²) >= 11 is 2.65. The SMILES string of the molecule is CCC(Sc1cccc(NC(=O)/C(=C\c2cc(OC)c(OC)cc2OC)NC(=O)c2ccccc2)c1)C(=O)Nc1scc(-c2ccccc2)c1C#N. The Morgan fingerprint density at radius 1 is 0.846 bits per heavy atom. The zero-order chi connectivity index (χ0) is 37.0. The molecule has 12 heteroatoms. The van der Waals surface area contributed by atoms with E-state index >= 15 is 0 Å². The fourth-order valence-electron chi connectivity index (χ4n) is 5.18. The molecule has 1 unspecified atom stereocenters. The van der Waals surface area contributed by atoms with E-state index in [-0.39, 0.29) is 11.6 Å². The van der Waals surface area contributed by atoms with Gasteiger partial charge in [0, 0.05) is 38.7 Å². The van der Waals surface area contributed by atoms with Crippen LogP contribution in [0.1, 0.15) is 34.8 Å². The average molecular weight is 733 g/mol. The molecule has 0 aliphatic heterocycles. The van der Waals surface area contributed by atoms with Crippen LogP contribution in [0.25, 0.3) is 17.2 Å². The molecule has 0 saturated carbocycles. The summed E-state index contributed by atoms with van der Waals surface area (Å²) in [6.07, 6.45) is 2.01. The Bertz CT molecular complexity index is 2130. The highest BCUT2D eigenvalue weighted by molar-refractivity contribution is 8.00. The first-order chi connectivity index (χ1) is 25.3. The fraction of sp³-hybridized carbons (Fsp3) is 0.150.